The molecular formula is C19H23ClN6. The topological polar surface area (TPSA) is 56.7 Å². The monoisotopic (exact) mass is 370 g/mol. The van der Waals surface area contributed by atoms with Crippen LogP contribution in [0.2, 0.25) is 5.02 Å². The minimum absolute atomic E-state index is 0.719. The van der Waals surface area contributed by atoms with Crippen molar-refractivity contribution >= 4 is 35.4 Å². The highest BCUT2D eigenvalue weighted by atomic mass is 35.5. The maximum absolute atomic E-state index is 5.91. The van der Waals surface area contributed by atoms with E-state index < -0.39 is 0 Å². The third-order valence-electron chi connectivity index (χ3n) is 4.78. The van der Waals surface area contributed by atoms with Crippen LogP contribution in [0, 0.1) is 0 Å². The van der Waals surface area contributed by atoms with Gasteiger partial charge in [0.2, 0.25) is 5.95 Å². The molecule has 1 aromatic heterocycles. The van der Waals surface area contributed by atoms with Gasteiger partial charge in [-0.15, -0.1) is 0 Å². The van der Waals surface area contributed by atoms with Crippen LogP contribution in [0.3, 0.4) is 0 Å². The Morgan fingerprint density at radius 2 is 1.58 bits per heavy atom. The van der Waals surface area contributed by atoms with E-state index in [0.29, 0.717) is 0 Å². The van der Waals surface area contributed by atoms with Crippen molar-refractivity contribution in [1.29, 1.82) is 0 Å². The maximum Gasteiger partial charge on any atom is 0.229 e. The Morgan fingerprint density at radius 3 is 2.27 bits per heavy atom. The van der Waals surface area contributed by atoms with Crippen LogP contribution >= 0.6 is 11.6 Å². The molecule has 0 radical (unpaired) electrons. The van der Waals surface area contributed by atoms with E-state index in [2.05, 4.69) is 25.3 Å². The highest BCUT2D eigenvalue weighted by Gasteiger charge is 2.20. The van der Waals surface area contributed by atoms with Crippen molar-refractivity contribution in [2.24, 2.45) is 5.10 Å². The Kier molecular flexibility index (Phi) is 5.20. The third kappa shape index (κ3) is 4.07. The number of hydrazone groups is 1. The fourth-order valence-electron chi connectivity index (χ4n) is 3.37. The van der Waals surface area contributed by atoms with Crippen molar-refractivity contribution in [3.8, 4) is 0 Å². The summed E-state index contributed by atoms with van der Waals surface area (Å²) < 4.78 is 0. The molecule has 0 atom stereocenters. The van der Waals surface area contributed by atoms with Gasteiger partial charge < -0.3 is 9.80 Å². The van der Waals surface area contributed by atoms with Crippen molar-refractivity contribution in [2.45, 2.75) is 25.7 Å². The lowest BCUT2D eigenvalue weighted by molar-refractivity contribution is 0.871. The number of benzene rings is 1. The summed E-state index contributed by atoms with van der Waals surface area (Å²) in [5, 5.41) is 5.05. The van der Waals surface area contributed by atoms with E-state index in [4.69, 9.17) is 16.6 Å². The molecule has 6 nitrogen and oxygen atoms in total. The number of nitrogens with zero attached hydrogens (tertiary/aromatic N) is 5. The molecule has 1 N–H and O–H groups in total. The van der Waals surface area contributed by atoms with Crippen LogP contribution in [0.25, 0.3) is 0 Å². The molecule has 0 amide bonds. The molecule has 4 rings (SSSR count). The molecule has 1 aromatic carbocycles. The van der Waals surface area contributed by atoms with Gasteiger partial charge in [-0.1, -0.05) is 23.7 Å². The standard InChI is InChI=1S/C19H23ClN6/c20-16-7-5-15(6-8-16)14-21-24-17-13-18(25-9-1-2-10-25)23-19(22-17)26-11-3-4-12-26/h5-8,13-14H,1-4,9-12H2,(H,22,23,24)/b21-14-. The fourth-order valence-corrected chi connectivity index (χ4v) is 3.49. The van der Waals surface area contributed by atoms with Crippen LogP contribution in [-0.4, -0.2) is 42.4 Å². The summed E-state index contributed by atoms with van der Waals surface area (Å²) >= 11 is 5.91. The van der Waals surface area contributed by atoms with Gasteiger partial charge in [0, 0.05) is 37.3 Å². The maximum atomic E-state index is 5.91. The summed E-state index contributed by atoms with van der Waals surface area (Å²) in [4.78, 5) is 14.1. The van der Waals surface area contributed by atoms with Gasteiger partial charge in [-0.25, -0.2) is 0 Å². The van der Waals surface area contributed by atoms with Gasteiger partial charge in [0.1, 0.15) is 5.82 Å². The molecule has 2 aromatic rings. The zero-order valence-electron chi connectivity index (χ0n) is 14.7. The molecule has 136 valence electrons. The molecule has 0 saturated carbocycles. The fraction of sp³-hybridized carbons (Fsp3) is 0.421. The molecule has 3 heterocycles. The lowest BCUT2D eigenvalue weighted by Gasteiger charge is -2.21. The molecule has 2 saturated heterocycles. The summed E-state index contributed by atoms with van der Waals surface area (Å²) in [6.45, 7) is 4.17. The number of aromatic nitrogens is 2. The molecular weight excluding hydrogens is 348 g/mol. The van der Waals surface area contributed by atoms with Gasteiger partial charge >= 0.3 is 0 Å². The first kappa shape index (κ1) is 17.1. The van der Waals surface area contributed by atoms with E-state index in [1.807, 2.05) is 30.3 Å². The molecule has 7 heteroatoms. The number of nitrogens with one attached hydrogen (secondary N) is 1. The molecule has 0 bridgehead atoms. The lowest BCUT2D eigenvalue weighted by Crippen LogP contribution is -2.24. The molecule has 2 aliphatic heterocycles. The summed E-state index contributed by atoms with van der Waals surface area (Å²) in [5.74, 6) is 2.52. The van der Waals surface area contributed by atoms with E-state index in [1.165, 1.54) is 25.7 Å². The van der Waals surface area contributed by atoms with Gasteiger partial charge in [0.25, 0.3) is 0 Å². The number of hydrogen-bond acceptors (Lipinski definition) is 6. The van der Waals surface area contributed by atoms with Crippen LogP contribution in [0.15, 0.2) is 35.4 Å². The van der Waals surface area contributed by atoms with Crippen molar-refractivity contribution in [3.05, 3.63) is 40.9 Å². The Hall–Kier alpha value is -2.34. The first-order chi connectivity index (χ1) is 12.8. The van der Waals surface area contributed by atoms with Crippen molar-refractivity contribution < 1.29 is 0 Å². The van der Waals surface area contributed by atoms with Crippen LogP contribution < -0.4 is 15.2 Å². The van der Waals surface area contributed by atoms with Crippen molar-refractivity contribution in [2.75, 3.05) is 41.4 Å². The molecule has 26 heavy (non-hydrogen) atoms. The molecule has 0 spiro atoms. The van der Waals surface area contributed by atoms with Gasteiger partial charge in [-0.2, -0.15) is 15.1 Å². The summed E-state index contributed by atoms with van der Waals surface area (Å²) in [7, 11) is 0. The molecule has 0 unspecified atom stereocenters. The minimum Gasteiger partial charge on any atom is -0.356 e. The number of rotatable bonds is 5. The normalized spacial score (nSPS) is 17.4. The zero-order chi connectivity index (χ0) is 17.8. The van der Waals surface area contributed by atoms with E-state index in [-0.39, 0.29) is 0 Å². The van der Waals surface area contributed by atoms with E-state index in [1.54, 1.807) is 6.21 Å². The molecule has 2 fully saturated rings. The predicted molar refractivity (Wildman–Crippen MR) is 108 cm³/mol. The average Bonchev–Trinajstić information content (AvgIpc) is 3.37. The second kappa shape index (κ2) is 7.91. The Bertz CT molecular complexity index is 730. The zero-order valence-corrected chi connectivity index (χ0v) is 15.5. The van der Waals surface area contributed by atoms with Crippen LogP contribution in [0.1, 0.15) is 31.2 Å². The van der Waals surface area contributed by atoms with Gasteiger partial charge in [-0.05, 0) is 43.4 Å². The van der Waals surface area contributed by atoms with E-state index in [9.17, 15) is 0 Å². The predicted octanol–water partition coefficient (Wildman–Crippen LogP) is 3.78. The Balaban J connectivity index is 1.54. The molecule has 2 aliphatic rings. The lowest BCUT2D eigenvalue weighted by atomic mass is 10.2. The average molecular weight is 371 g/mol. The Labute approximate surface area is 158 Å². The second-order valence-corrected chi connectivity index (χ2v) is 7.16. The van der Waals surface area contributed by atoms with Crippen LogP contribution in [-0.2, 0) is 0 Å². The number of halogens is 1. The van der Waals surface area contributed by atoms with Gasteiger partial charge in [0.15, 0.2) is 5.82 Å². The first-order valence-electron chi connectivity index (χ1n) is 9.21. The number of anilines is 3. The SMILES string of the molecule is Clc1ccc(/C=N\Nc2cc(N3CCCC3)nc(N3CCCC3)n2)cc1. The Morgan fingerprint density at radius 1 is 0.923 bits per heavy atom. The van der Waals surface area contributed by atoms with Gasteiger partial charge in [-0.3, -0.25) is 5.43 Å². The van der Waals surface area contributed by atoms with Crippen LogP contribution in [0.4, 0.5) is 17.6 Å². The summed E-state index contributed by atoms with van der Waals surface area (Å²) in [6.07, 6.45) is 6.62. The van der Waals surface area contributed by atoms with Crippen LogP contribution in [0.5, 0.6) is 0 Å². The quantitative estimate of drug-likeness (QED) is 0.641. The second-order valence-electron chi connectivity index (χ2n) is 6.72. The highest BCUT2D eigenvalue weighted by molar-refractivity contribution is 6.30. The van der Waals surface area contributed by atoms with Crippen molar-refractivity contribution in [1.82, 2.24) is 9.97 Å². The largest absolute Gasteiger partial charge is 0.356 e. The van der Waals surface area contributed by atoms with E-state index in [0.717, 1.165) is 54.3 Å². The minimum atomic E-state index is 0.719. The third-order valence-corrected chi connectivity index (χ3v) is 5.03. The first-order valence-corrected chi connectivity index (χ1v) is 9.59. The molecule has 0 aliphatic carbocycles. The van der Waals surface area contributed by atoms with Gasteiger partial charge in [0.05, 0.1) is 6.21 Å². The smallest absolute Gasteiger partial charge is 0.229 e. The van der Waals surface area contributed by atoms with E-state index >= 15 is 0 Å². The summed E-state index contributed by atoms with van der Waals surface area (Å²) in [5.41, 5.74) is 4.05. The van der Waals surface area contributed by atoms with Crippen molar-refractivity contribution in [3.63, 3.8) is 0 Å². The number of hydrogen-bond donors (Lipinski definition) is 1. The highest BCUT2D eigenvalue weighted by Crippen LogP contribution is 2.25. The summed E-state index contributed by atoms with van der Waals surface area (Å²) in [6, 6.07) is 9.55.